The smallest absolute Gasteiger partial charge is 0.255 e. The van der Waals surface area contributed by atoms with Gasteiger partial charge in [-0.15, -0.1) is 0 Å². The Kier molecular flexibility index (Phi) is 8.90. The molecule has 0 radical (unpaired) electrons. The second-order valence-electron chi connectivity index (χ2n) is 7.68. The van der Waals surface area contributed by atoms with Crippen molar-refractivity contribution in [2.75, 3.05) is 0 Å². The van der Waals surface area contributed by atoms with Crippen LogP contribution in [-0.2, 0) is 16.8 Å². The Morgan fingerprint density at radius 2 is 0.514 bits per heavy atom. The van der Waals surface area contributed by atoms with E-state index in [2.05, 4.69) is 29.9 Å². The Morgan fingerprint density at radius 1 is 0.270 bits per heavy atom. The van der Waals surface area contributed by atoms with Crippen LogP contribution in [0.1, 0.15) is 0 Å². The maximum absolute atomic E-state index is 4.59. The molecular formula is C30H22CoN6+3. The van der Waals surface area contributed by atoms with Gasteiger partial charge in [-0.1, -0.05) is 36.4 Å². The van der Waals surface area contributed by atoms with Crippen molar-refractivity contribution in [3.63, 3.8) is 0 Å². The van der Waals surface area contributed by atoms with Gasteiger partial charge in [0.1, 0.15) is 0 Å². The van der Waals surface area contributed by atoms with Crippen molar-refractivity contribution >= 4 is 0 Å². The molecule has 6 aromatic rings. The van der Waals surface area contributed by atoms with Crippen LogP contribution in [0.15, 0.2) is 134 Å². The number of aromatic nitrogens is 6. The summed E-state index contributed by atoms with van der Waals surface area (Å²) in [6.07, 6.45) is 7.07. The first kappa shape index (κ1) is 25.5. The molecule has 0 aromatic carbocycles. The number of pyridine rings is 6. The Labute approximate surface area is 225 Å². The summed E-state index contributed by atoms with van der Waals surface area (Å²) in [7, 11) is 0. The minimum atomic E-state index is 0. The van der Waals surface area contributed by atoms with Crippen molar-refractivity contribution < 1.29 is 16.8 Å². The molecule has 37 heavy (non-hydrogen) atoms. The zero-order valence-electron chi connectivity index (χ0n) is 19.7. The average molecular weight is 525 g/mol. The number of hydrogen-bond acceptors (Lipinski definition) is 6. The van der Waals surface area contributed by atoms with Crippen LogP contribution in [0, 0.1) is 0 Å². The molecule has 0 spiro atoms. The first-order valence-electron chi connectivity index (χ1n) is 11.5. The third-order valence-electron chi connectivity index (χ3n) is 5.21. The minimum absolute atomic E-state index is 0. The van der Waals surface area contributed by atoms with Gasteiger partial charge in [-0.2, -0.15) is 0 Å². The van der Waals surface area contributed by atoms with Crippen molar-refractivity contribution in [2.24, 2.45) is 0 Å². The van der Waals surface area contributed by atoms with Gasteiger partial charge < -0.3 is 0 Å². The van der Waals surface area contributed by atoms with Crippen LogP contribution in [0.4, 0.5) is 0 Å². The molecule has 0 amide bonds. The third-order valence-corrected chi connectivity index (χ3v) is 5.21. The first-order chi connectivity index (χ1) is 17.9. The molecule has 0 saturated carbocycles. The SMILES string of the molecule is [Co+3].c1ccc(-c2cccc(-c3ccccn3)n2)nc1.c1ccc(-c2cccc(-c3ccccn3)n2)nc1. The summed E-state index contributed by atoms with van der Waals surface area (Å²) in [6.45, 7) is 0. The van der Waals surface area contributed by atoms with E-state index in [0.717, 1.165) is 45.6 Å². The van der Waals surface area contributed by atoms with Crippen molar-refractivity contribution in [1.29, 1.82) is 0 Å². The second kappa shape index (κ2) is 12.9. The van der Waals surface area contributed by atoms with Gasteiger partial charge in [0.15, 0.2) is 0 Å². The molecule has 0 fully saturated rings. The fourth-order valence-corrected chi connectivity index (χ4v) is 3.50. The quantitative estimate of drug-likeness (QED) is 0.265. The van der Waals surface area contributed by atoms with Gasteiger partial charge in [0.05, 0.1) is 45.6 Å². The molecular weight excluding hydrogens is 503 g/mol. The standard InChI is InChI=1S/2C15H11N3.Co/c2*1-3-10-16-12(6-1)14-8-5-9-15(18-14)13-7-2-4-11-17-13;/h2*1-11H;/q;;+3. The molecule has 0 saturated heterocycles. The van der Waals surface area contributed by atoms with E-state index in [-0.39, 0.29) is 16.8 Å². The molecule has 6 heterocycles. The summed E-state index contributed by atoms with van der Waals surface area (Å²) in [5.74, 6) is 0. The van der Waals surface area contributed by atoms with Crippen molar-refractivity contribution in [2.45, 2.75) is 0 Å². The monoisotopic (exact) mass is 525 g/mol. The van der Waals surface area contributed by atoms with E-state index < -0.39 is 0 Å². The summed E-state index contributed by atoms with van der Waals surface area (Å²) in [4.78, 5) is 26.4. The van der Waals surface area contributed by atoms with Crippen LogP contribution in [-0.4, -0.2) is 29.9 Å². The van der Waals surface area contributed by atoms with Crippen molar-refractivity contribution in [3.8, 4) is 45.6 Å². The van der Waals surface area contributed by atoms with E-state index in [1.54, 1.807) is 24.8 Å². The van der Waals surface area contributed by atoms with Gasteiger partial charge >= 0.3 is 16.8 Å². The van der Waals surface area contributed by atoms with Gasteiger partial charge in [0.2, 0.25) is 0 Å². The van der Waals surface area contributed by atoms with E-state index in [1.807, 2.05) is 109 Å². The molecule has 6 rings (SSSR count). The summed E-state index contributed by atoms with van der Waals surface area (Å²) in [5.41, 5.74) is 6.92. The zero-order chi connectivity index (χ0) is 24.4. The Bertz CT molecular complexity index is 1290. The van der Waals surface area contributed by atoms with Crippen LogP contribution in [0.3, 0.4) is 0 Å². The van der Waals surface area contributed by atoms with E-state index in [1.165, 1.54) is 0 Å². The van der Waals surface area contributed by atoms with Crippen molar-refractivity contribution in [1.82, 2.24) is 29.9 Å². The maximum Gasteiger partial charge on any atom is 3.00 e. The molecule has 0 aliphatic heterocycles. The summed E-state index contributed by atoms with van der Waals surface area (Å²) in [5, 5.41) is 0. The molecule has 0 aliphatic rings. The van der Waals surface area contributed by atoms with E-state index in [9.17, 15) is 0 Å². The fraction of sp³-hybridized carbons (Fsp3) is 0. The molecule has 6 aromatic heterocycles. The Balaban J connectivity index is 0.000000168. The minimum Gasteiger partial charge on any atom is -0.255 e. The van der Waals surface area contributed by atoms with Crippen LogP contribution in [0.2, 0.25) is 0 Å². The van der Waals surface area contributed by atoms with E-state index in [4.69, 9.17) is 0 Å². The summed E-state index contributed by atoms with van der Waals surface area (Å²) < 4.78 is 0. The molecule has 178 valence electrons. The van der Waals surface area contributed by atoms with E-state index >= 15 is 0 Å². The van der Waals surface area contributed by atoms with Crippen LogP contribution < -0.4 is 0 Å². The summed E-state index contributed by atoms with van der Waals surface area (Å²) in [6, 6.07) is 35.0. The second-order valence-corrected chi connectivity index (χ2v) is 7.68. The molecule has 7 heteroatoms. The van der Waals surface area contributed by atoms with Gasteiger partial charge in [-0.3, -0.25) is 19.9 Å². The van der Waals surface area contributed by atoms with Gasteiger partial charge in [0.25, 0.3) is 0 Å². The number of nitrogens with zero attached hydrogens (tertiary/aromatic N) is 6. The third kappa shape index (κ3) is 6.76. The average Bonchev–Trinajstić information content (AvgIpc) is 2.99. The topological polar surface area (TPSA) is 77.3 Å². The van der Waals surface area contributed by atoms with Crippen LogP contribution >= 0.6 is 0 Å². The zero-order valence-corrected chi connectivity index (χ0v) is 20.8. The van der Waals surface area contributed by atoms with Crippen molar-refractivity contribution in [3.05, 3.63) is 134 Å². The molecule has 6 nitrogen and oxygen atoms in total. The van der Waals surface area contributed by atoms with Crippen LogP contribution in [0.25, 0.3) is 45.6 Å². The van der Waals surface area contributed by atoms with E-state index in [0.29, 0.717) is 0 Å². The molecule has 0 aliphatic carbocycles. The van der Waals surface area contributed by atoms with Gasteiger partial charge in [0, 0.05) is 24.8 Å². The first-order valence-corrected chi connectivity index (χ1v) is 11.5. The Hall–Kier alpha value is -4.59. The predicted molar refractivity (Wildman–Crippen MR) is 141 cm³/mol. The Morgan fingerprint density at radius 3 is 0.730 bits per heavy atom. The molecule has 0 unspecified atom stereocenters. The molecule has 0 N–H and O–H groups in total. The largest absolute Gasteiger partial charge is 3.00 e. The normalized spacial score (nSPS) is 9.95. The number of hydrogen-bond donors (Lipinski definition) is 0. The van der Waals surface area contributed by atoms with Crippen LogP contribution in [0.5, 0.6) is 0 Å². The maximum atomic E-state index is 4.59. The summed E-state index contributed by atoms with van der Waals surface area (Å²) >= 11 is 0. The van der Waals surface area contributed by atoms with Gasteiger partial charge in [-0.25, -0.2) is 9.97 Å². The number of rotatable bonds is 4. The predicted octanol–water partition coefficient (Wildman–Crippen LogP) is 6.41. The molecule has 0 bridgehead atoms. The fourth-order valence-electron chi connectivity index (χ4n) is 3.50. The molecule has 0 atom stereocenters. The van der Waals surface area contributed by atoms with Gasteiger partial charge in [-0.05, 0) is 72.8 Å².